The number of hydrogen-bond donors (Lipinski definition) is 1. The summed E-state index contributed by atoms with van der Waals surface area (Å²) in [5, 5.41) is 3.11. The number of hydrogen-bond acceptors (Lipinski definition) is 2. The van der Waals surface area contributed by atoms with Crippen molar-refractivity contribution in [2.75, 3.05) is 24.5 Å². The SMILES string of the molecule is C[C@@H]1CNCCN1c1cccc(C(F)(F)F)c1F.Cl. The van der Waals surface area contributed by atoms with Crippen LogP contribution in [0.15, 0.2) is 18.2 Å². The molecule has 1 atom stereocenters. The maximum Gasteiger partial charge on any atom is 0.419 e. The van der Waals surface area contributed by atoms with Gasteiger partial charge in [-0.2, -0.15) is 13.2 Å². The van der Waals surface area contributed by atoms with Crippen LogP contribution in [0.3, 0.4) is 0 Å². The molecule has 0 aromatic heterocycles. The van der Waals surface area contributed by atoms with Gasteiger partial charge in [-0.3, -0.25) is 0 Å². The zero-order chi connectivity index (χ0) is 13.3. The molecule has 0 spiro atoms. The number of anilines is 1. The molecule has 2 rings (SSSR count). The van der Waals surface area contributed by atoms with E-state index in [9.17, 15) is 17.6 Å². The Labute approximate surface area is 115 Å². The van der Waals surface area contributed by atoms with Crippen LogP contribution in [-0.4, -0.2) is 25.7 Å². The first-order valence-corrected chi connectivity index (χ1v) is 5.74. The number of alkyl halides is 3. The Morgan fingerprint density at radius 2 is 2.00 bits per heavy atom. The highest BCUT2D eigenvalue weighted by Crippen LogP contribution is 2.35. The van der Waals surface area contributed by atoms with Gasteiger partial charge in [0.1, 0.15) is 0 Å². The van der Waals surface area contributed by atoms with Crippen LogP contribution in [0.5, 0.6) is 0 Å². The van der Waals surface area contributed by atoms with Crippen LogP contribution in [0.2, 0.25) is 0 Å². The summed E-state index contributed by atoms with van der Waals surface area (Å²) in [6.07, 6.45) is -4.66. The standard InChI is InChI=1S/C12H14F4N2.ClH/c1-8-7-17-5-6-18(8)10-4-2-3-9(11(10)13)12(14,15)16;/h2-4,8,17H,5-7H2,1H3;1H/t8-;/m1./s1. The largest absolute Gasteiger partial charge is 0.419 e. The first-order chi connectivity index (χ1) is 8.41. The summed E-state index contributed by atoms with van der Waals surface area (Å²) < 4.78 is 51.8. The molecule has 1 fully saturated rings. The van der Waals surface area contributed by atoms with Crippen molar-refractivity contribution < 1.29 is 17.6 Å². The van der Waals surface area contributed by atoms with Crippen molar-refractivity contribution in [2.45, 2.75) is 19.1 Å². The quantitative estimate of drug-likeness (QED) is 0.802. The van der Waals surface area contributed by atoms with E-state index in [0.29, 0.717) is 19.6 Å². The van der Waals surface area contributed by atoms with E-state index in [0.717, 1.165) is 6.07 Å². The summed E-state index contributed by atoms with van der Waals surface area (Å²) in [5.74, 6) is -1.18. The first-order valence-electron chi connectivity index (χ1n) is 5.74. The molecule has 0 aliphatic carbocycles. The van der Waals surface area contributed by atoms with Crippen LogP contribution in [0.25, 0.3) is 0 Å². The van der Waals surface area contributed by atoms with Gasteiger partial charge in [0.2, 0.25) is 0 Å². The molecule has 0 amide bonds. The zero-order valence-electron chi connectivity index (χ0n) is 10.3. The number of rotatable bonds is 1. The van der Waals surface area contributed by atoms with Crippen molar-refractivity contribution in [3.05, 3.63) is 29.6 Å². The third-order valence-electron chi connectivity index (χ3n) is 3.09. The van der Waals surface area contributed by atoms with E-state index in [1.807, 2.05) is 6.92 Å². The molecule has 1 N–H and O–H groups in total. The van der Waals surface area contributed by atoms with Crippen LogP contribution in [-0.2, 0) is 6.18 Å². The van der Waals surface area contributed by atoms with E-state index in [1.165, 1.54) is 12.1 Å². The molecule has 1 saturated heterocycles. The molecule has 19 heavy (non-hydrogen) atoms. The second kappa shape index (κ2) is 5.96. The van der Waals surface area contributed by atoms with Gasteiger partial charge in [0.15, 0.2) is 5.82 Å². The number of halogens is 5. The normalized spacial score (nSPS) is 20.1. The molecular weight excluding hydrogens is 284 g/mol. The number of piperazine rings is 1. The summed E-state index contributed by atoms with van der Waals surface area (Å²) in [5.41, 5.74) is -1.18. The second-order valence-electron chi connectivity index (χ2n) is 4.38. The molecule has 1 heterocycles. The van der Waals surface area contributed by atoms with Crippen LogP contribution < -0.4 is 10.2 Å². The Hall–Kier alpha value is -1.01. The van der Waals surface area contributed by atoms with Gasteiger partial charge in [-0.05, 0) is 19.1 Å². The summed E-state index contributed by atoms with van der Waals surface area (Å²) in [6.45, 7) is 3.63. The van der Waals surface area contributed by atoms with Crippen molar-refractivity contribution in [2.24, 2.45) is 0 Å². The number of nitrogens with one attached hydrogen (secondary N) is 1. The zero-order valence-corrected chi connectivity index (χ0v) is 11.1. The van der Waals surface area contributed by atoms with Gasteiger partial charge in [0.25, 0.3) is 0 Å². The van der Waals surface area contributed by atoms with E-state index in [1.54, 1.807) is 4.90 Å². The predicted molar refractivity (Wildman–Crippen MR) is 68.3 cm³/mol. The van der Waals surface area contributed by atoms with Gasteiger partial charge < -0.3 is 10.2 Å². The van der Waals surface area contributed by atoms with E-state index in [-0.39, 0.29) is 24.1 Å². The van der Waals surface area contributed by atoms with Gasteiger partial charge in [-0.15, -0.1) is 12.4 Å². The molecule has 0 radical (unpaired) electrons. The molecule has 1 aromatic carbocycles. The van der Waals surface area contributed by atoms with Crippen molar-refractivity contribution >= 4 is 18.1 Å². The number of nitrogens with zero attached hydrogens (tertiary/aromatic N) is 1. The lowest BCUT2D eigenvalue weighted by Gasteiger charge is -2.36. The molecule has 0 bridgehead atoms. The summed E-state index contributed by atoms with van der Waals surface area (Å²) in [4.78, 5) is 1.67. The molecule has 1 aromatic rings. The fourth-order valence-electron chi connectivity index (χ4n) is 2.16. The highest BCUT2D eigenvalue weighted by Gasteiger charge is 2.36. The molecule has 108 valence electrons. The predicted octanol–water partition coefficient (Wildman–Crippen LogP) is 3.06. The molecule has 2 nitrogen and oxygen atoms in total. The maximum atomic E-state index is 13.9. The van der Waals surface area contributed by atoms with E-state index >= 15 is 0 Å². The van der Waals surface area contributed by atoms with Crippen molar-refractivity contribution in [3.8, 4) is 0 Å². The van der Waals surface area contributed by atoms with Crippen LogP contribution in [0.4, 0.5) is 23.2 Å². The lowest BCUT2D eigenvalue weighted by molar-refractivity contribution is -0.139. The summed E-state index contributed by atoms with van der Waals surface area (Å²) >= 11 is 0. The van der Waals surface area contributed by atoms with Crippen molar-refractivity contribution in [1.82, 2.24) is 5.32 Å². The third-order valence-corrected chi connectivity index (χ3v) is 3.09. The fourth-order valence-corrected chi connectivity index (χ4v) is 2.16. The average Bonchev–Trinajstić information content (AvgIpc) is 2.29. The van der Waals surface area contributed by atoms with Crippen molar-refractivity contribution in [3.63, 3.8) is 0 Å². The van der Waals surface area contributed by atoms with Gasteiger partial charge in [-0.1, -0.05) is 6.07 Å². The Kier molecular flexibility index (Phi) is 5.04. The van der Waals surface area contributed by atoms with Crippen LogP contribution in [0, 0.1) is 5.82 Å². The van der Waals surface area contributed by atoms with Gasteiger partial charge in [0.05, 0.1) is 11.3 Å². The molecule has 1 aliphatic rings. The van der Waals surface area contributed by atoms with Gasteiger partial charge >= 0.3 is 6.18 Å². The Bertz CT molecular complexity index is 436. The van der Waals surface area contributed by atoms with E-state index < -0.39 is 17.6 Å². The molecule has 0 saturated carbocycles. The van der Waals surface area contributed by atoms with Gasteiger partial charge in [-0.25, -0.2) is 4.39 Å². The topological polar surface area (TPSA) is 15.3 Å². The highest BCUT2D eigenvalue weighted by atomic mass is 35.5. The molecule has 0 unspecified atom stereocenters. The monoisotopic (exact) mass is 298 g/mol. The minimum Gasteiger partial charge on any atom is -0.364 e. The molecule has 1 aliphatic heterocycles. The molecular formula is C12H15ClF4N2. The average molecular weight is 299 g/mol. The fraction of sp³-hybridized carbons (Fsp3) is 0.500. The van der Waals surface area contributed by atoms with E-state index in [4.69, 9.17) is 0 Å². The maximum absolute atomic E-state index is 13.9. The smallest absolute Gasteiger partial charge is 0.364 e. The Morgan fingerprint density at radius 3 is 2.58 bits per heavy atom. The van der Waals surface area contributed by atoms with Crippen LogP contribution >= 0.6 is 12.4 Å². The van der Waals surface area contributed by atoms with Gasteiger partial charge in [0, 0.05) is 25.7 Å². The minimum absolute atomic E-state index is 0. The Morgan fingerprint density at radius 1 is 1.32 bits per heavy atom. The third kappa shape index (κ3) is 3.30. The summed E-state index contributed by atoms with van der Waals surface area (Å²) in [7, 11) is 0. The Balaban J connectivity index is 0.00000180. The second-order valence-corrected chi connectivity index (χ2v) is 4.38. The van der Waals surface area contributed by atoms with Crippen molar-refractivity contribution in [1.29, 1.82) is 0 Å². The number of benzene rings is 1. The van der Waals surface area contributed by atoms with Crippen LogP contribution in [0.1, 0.15) is 12.5 Å². The molecule has 7 heteroatoms. The lowest BCUT2D eigenvalue weighted by atomic mass is 10.1. The lowest BCUT2D eigenvalue weighted by Crippen LogP contribution is -2.50. The minimum atomic E-state index is -4.66. The first kappa shape index (κ1) is 16.0. The highest BCUT2D eigenvalue weighted by molar-refractivity contribution is 5.85. The summed E-state index contributed by atoms with van der Waals surface area (Å²) in [6, 6.07) is 3.38. The van der Waals surface area contributed by atoms with E-state index in [2.05, 4.69) is 5.32 Å².